The molecular formula is C16H21N5O. The van der Waals surface area contributed by atoms with Gasteiger partial charge in [-0.1, -0.05) is 25.5 Å². The van der Waals surface area contributed by atoms with Crippen molar-refractivity contribution in [3.63, 3.8) is 0 Å². The molecule has 1 aliphatic rings. The third-order valence-electron chi connectivity index (χ3n) is 3.97. The zero-order valence-corrected chi connectivity index (χ0v) is 12.7. The van der Waals surface area contributed by atoms with Crippen LogP contribution in [0.5, 0.6) is 0 Å². The number of carbonyl (C=O) groups excluding carboxylic acids is 1. The van der Waals surface area contributed by atoms with E-state index in [2.05, 4.69) is 22.2 Å². The first-order chi connectivity index (χ1) is 10.7. The second kappa shape index (κ2) is 6.27. The van der Waals surface area contributed by atoms with E-state index < -0.39 is 0 Å². The summed E-state index contributed by atoms with van der Waals surface area (Å²) in [6.45, 7) is 3.98. The SMILES string of the molecule is CCCC1NCCN(Cc2nc(N)c3ccccc3n2)C1=O. The normalized spacial score (nSPS) is 18.9. The molecule has 3 rings (SSSR count). The van der Waals surface area contributed by atoms with Gasteiger partial charge in [-0.25, -0.2) is 9.97 Å². The molecular weight excluding hydrogens is 278 g/mol. The van der Waals surface area contributed by atoms with E-state index >= 15 is 0 Å². The number of nitrogens with two attached hydrogens (primary N) is 1. The number of para-hydroxylation sites is 1. The molecule has 1 aromatic carbocycles. The van der Waals surface area contributed by atoms with Crippen LogP contribution in [-0.2, 0) is 11.3 Å². The minimum absolute atomic E-state index is 0.0865. The van der Waals surface area contributed by atoms with Gasteiger partial charge in [0.05, 0.1) is 18.1 Å². The molecule has 1 atom stereocenters. The van der Waals surface area contributed by atoms with Gasteiger partial charge in [0, 0.05) is 18.5 Å². The first-order valence-corrected chi connectivity index (χ1v) is 7.72. The number of carbonyl (C=O) groups is 1. The third-order valence-corrected chi connectivity index (χ3v) is 3.97. The van der Waals surface area contributed by atoms with E-state index in [4.69, 9.17) is 5.73 Å². The first kappa shape index (κ1) is 14.7. The Morgan fingerprint density at radius 1 is 1.36 bits per heavy atom. The van der Waals surface area contributed by atoms with Crippen molar-refractivity contribution in [2.24, 2.45) is 0 Å². The molecule has 0 bridgehead atoms. The van der Waals surface area contributed by atoms with Crippen molar-refractivity contribution in [2.45, 2.75) is 32.4 Å². The number of fused-ring (bicyclic) bond motifs is 1. The lowest BCUT2D eigenvalue weighted by Gasteiger charge is -2.32. The van der Waals surface area contributed by atoms with E-state index in [9.17, 15) is 4.79 Å². The smallest absolute Gasteiger partial charge is 0.240 e. The van der Waals surface area contributed by atoms with Crippen molar-refractivity contribution in [1.29, 1.82) is 0 Å². The predicted molar refractivity (Wildman–Crippen MR) is 86.1 cm³/mol. The molecule has 0 saturated carbocycles. The zero-order valence-electron chi connectivity index (χ0n) is 12.7. The standard InChI is InChI=1S/C16H21N5O/c1-2-5-13-16(22)21(9-8-18-13)10-14-19-12-7-4-3-6-11(12)15(17)20-14/h3-4,6-7,13,18H,2,5,8-10H2,1H3,(H2,17,19,20). The number of hydrogen-bond donors (Lipinski definition) is 2. The average Bonchev–Trinajstić information content (AvgIpc) is 2.52. The molecule has 116 valence electrons. The van der Waals surface area contributed by atoms with Crippen LogP contribution >= 0.6 is 0 Å². The highest BCUT2D eigenvalue weighted by Gasteiger charge is 2.28. The predicted octanol–water partition coefficient (Wildman–Crippen LogP) is 1.31. The van der Waals surface area contributed by atoms with Crippen molar-refractivity contribution in [2.75, 3.05) is 18.8 Å². The first-order valence-electron chi connectivity index (χ1n) is 7.72. The van der Waals surface area contributed by atoms with Gasteiger partial charge in [-0.2, -0.15) is 0 Å². The van der Waals surface area contributed by atoms with Crippen LogP contribution in [0, 0.1) is 0 Å². The number of nitrogens with zero attached hydrogens (tertiary/aromatic N) is 3. The highest BCUT2D eigenvalue weighted by atomic mass is 16.2. The Morgan fingerprint density at radius 2 is 2.18 bits per heavy atom. The summed E-state index contributed by atoms with van der Waals surface area (Å²) >= 11 is 0. The van der Waals surface area contributed by atoms with Crippen LogP contribution in [0.4, 0.5) is 5.82 Å². The molecule has 6 nitrogen and oxygen atoms in total. The second-order valence-electron chi connectivity index (χ2n) is 5.60. The summed E-state index contributed by atoms with van der Waals surface area (Å²) in [5.41, 5.74) is 6.82. The summed E-state index contributed by atoms with van der Waals surface area (Å²) in [6, 6.07) is 7.57. The minimum Gasteiger partial charge on any atom is -0.383 e. The number of nitrogen functional groups attached to an aromatic ring is 1. The van der Waals surface area contributed by atoms with E-state index in [0.29, 0.717) is 24.7 Å². The maximum absolute atomic E-state index is 12.4. The lowest BCUT2D eigenvalue weighted by Crippen LogP contribution is -2.54. The molecule has 1 aromatic heterocycles. The average molecular weight is 299 g/mol. The van der Waals surface area contributed by atoms with E-state index in [1.54, 1.807) is 0 Å². The molecule has 2 heterocycles. The van der Waals surface area contributed by atoms with Crippen LogP contribution in [0.15, 0.2) is 24.3 Å². The van der Waals surface area contributed by atoms with Crippen LogP contribution in [0.2, 0.25) is 0 Å². The number of aromatic nitrogens is 2. The van der Waals surface area contributed by atoms with Crippen molar-refractivity contribution in [3.05, 3.63) is 30.1 Å². The summed E-state index contributed by atoms with van der Waals surface area (Å²) in [5.74, 6) is 1.19. The number of anilines is 1. The summed E-state index contributed by atoms with van der Waals surface area (Å²) in [4.78, 5) is 23.1. The summed E-state index contributed by atoms with van der Waals surface area (Å²) in [7, 11) is 0. The molecule has 1 fully saturated rings. The number of rotatable bonds is 4. The topological polar surface area (TPSA) is 84.1 Å². The van der Waals surface area contributed by atoms with E-state index in [-0.39, 0.29) is 11.9 Å². The van der Waals surface area contributed by atoms with Gasteiger partial charge in [-0.05, 0) is 18.6 Å². The minimum atomic E-state index is -0.0865. The van der Waals surface area contributed by atoms with Crippen LogP contribution in [0.25, 0.3) is 10.9 Å². The number of benzene rings is 1. The van der Waals surface area contributed by atoms with Gasteiger partial charge in [0.2, 0.25) is 5.91 Å². The largest absolute Gasteiger partial charge is 0.383 e. The Labute approximate surface area is 129 Å². The molecule has 3 N–H and O–H groups in total. The van der Waals surface area contributed by atoms with Crippen molar-refractivity contribution in [3.8, 4) is 0 Å². The lowest BCUT2D eigenvalue weighted by atomic mass is 10.1. The van der Waals surface area contributed by atoms with Crippen LogP contribution in [0.1, 0.15) is 25.6 Å². The van der Waals surface area contributed by atoms with Gasteiger partial charge in [0.25, 0.3) is 0 Å². The summed E-state index contributed by atoms with van der Waals surface area (Å²) in [6.07, 6.45) is 1.84. The van der Waals surface area contributed by atoms with Gasteiger partial charge in [0.15, 0.2) is 5.82 Å². The van der Waals surface area contributed by atoms with Crippen LogP contribution in [0.3, 0.4) is 0 Å². The number of nitrogens with one attached hydrogen (secondary N) is 1. The van der Waals surface area contributed by atoms with Gasteiger partial charge in [0.1, 0.15) is 5.82 Å². The summed E-state index contributed by atoms with van der Waals surface area (Å²) < 4.78 is 0. The molecule has 6 heteroatoms. The van der Waals surface area contributed by atoms with Crippen LogP contribution in [-0.4, -0.2) is 39.9 Å². The quantitative estimate of drug-likeness (QED) is 0.889. The molecule has 1 amide bonds. The summed E-state index contributed by atoms with van der Waals surface area (Å²) in [5, 5.41) is 4.12. The van der Waals surface area contributed by atoms with E-state index in [1.165, 1.54) is 0 Å². The Bertz CT molecular complexity index is 685. The Morgan fingerprint density at radius 3 is 3.00 bits per heavy atom. The number of hydrogen-bond acceptors (Lipinski definition) is 5. The molecule has 0 spiro atoms. The van der Waals surface area contributed by atoms with Gasteiger partial charge < -0.3 is 16.0 Å². The monoisotopic (exact) mass is 299 g/mol. The Balaban J connectivity index is 1.82. The van der Waals surface area contributed by atoms with Crippen molar-refractivity contribution in [1.82, 2.24) is 20.2 Å². The second-order valence-corrected chi connectivity index (χ2v) is 5.60. The maximum atomic E-state index is 12.4. The third kappa shape index (κ3) is 2.87. The molecule has 1 aliphatic heterocycles. The van der Waals surface area contributed by atoms with E-state index in [1.807, 2.05) is 29.2 Å². The van der Waals surface area contributed by atoms with Gasteiger partial charge in [-0.15, -0.1) is 0 Å². The molecule has 22 heavy (non-hydrogen) atoms. The molecule has 1 unspecified atom stereocenters. The highest BCUT2D eigenvalue weighted by molar-refractivity contribution is 5.88. The van der Waals surface area contributed by atoms with E-state index in [0.717, 1.165) is 30.3 Å². The molecule has 2 aromatic rings. The van der Waals surface area contributed by atoms with Crippen molar-refractivity contribution >= 4 is 22.6 Å². The molecule has 1 saturated heterocycles. The highest BCUT2D eigenvalue weighted by Crippen LogP contribution is 2.18. The number of piperazine rings is 1. The number of amides is 1. The van der Waals surface area contributed by atoms with Gasteiger partial charge in [-0.3, -0.25) is 4.79 Å². The fraction of sp³-hybridized carbons (Fsp3) is 0.438. The fourth-order valence-electron chi connectivity index (χ4n) is 2.86. The van der Waals surface area contributed by atoms with Crippen LogP contribution < -0.4 is 11.1 Å². The van der Waals surface area contributed by atoms with Gasteiger partial charge >= 0.3 is 0 Å². The lowest BCUT2D eigenvalue weighted by molar-refractivity contribution is -0.136. The molecule has 0 radical (unpaired) electrons. The zero-order chi connectivity index (χ0) is 15.5. The maximum Gasteiger partial charge on any atom is 0.240 e. The van der Waals surface area contributed by atoms with Crippen molar-refractivity contribution < 1.29 is 4.79 Å². The molecule has 0 aliphatic carbocycles. The fourth-order valence-corrected chi connectivity index (χ4v) is 2.86. The Kier molecular flexibility index (Phi) is 4.20. The Hall–Kier alpha value is -2.21.